The van der Waals surface area contributed by atoms with E-state index in [1.807, 2.05) is 26.8 Å². The third-order valence-corrected chi connectivity index (χ3v) is 3.20. The molecule has 0 saturated carbocycles. The molecule has 1 amide bonds. The monoisotopic (exact) mass is 307 g/mol. The van der Waals surface area contributed by atoms with Gasteiger partial charge < -0.3 is 19.2 Å². The molecule has 1 heterocycles. The number of rotatable bonds is 5. The van der Waals surface area contributed by atoms with Crippen molar-refractivity contribution in [1.29, 1.82) is 0 Å². The highest BCUT2D eigenvalue weighted by atomic mass is 16.6. The molecule has 0 aromatic heterocycles. The smallest absolute Gasteiger partial charge is 0.410 e. The first kappa shape index (κ1) is 18.0. The predicted molar refractivity (Wildman–Crippen MR) is 85.4 cm³/mol. The zero-order valence-electron chi connectivity index (χ0n) is 13.8. The molecule has 122 valence electrons. The molecule has 0 aromatic rings. The number of nitrogens with zero attached hydrogens (tertiary/aromatic N) is 1. The molecule has 0 aromatic carbocycles. The Kier molecular flexibility index (Phi) is 6.40. The number of hydrogen-bond donors (Lipinski definition) is 0. The van der Waals surface area contributed by atoms with Crippen molar-refractivity contribution in [3.05, 3.63) is 35.6 Å². The van der Waals surface area contributed by atoms with Crippen LogP contribution in [0.4, 0.5) is 4.79 Å². The summed E-state index contributed by atoms with van der Waals surface area (Å²) in [4.78, 5) is 24.4. The van der Waals surface area contributed by atoms with Gasteiger partial charge in [-0.3, -0.25) is 0 Å². The maximum Gasteiger partial charge on any atom is 0.410 e. The lowest BCUT2D eigenvalue weighted by molar-refractivity contribution is -0.107. The van der Waals surface area contributed by atoms with E-state index in [4.69, 9.17) is 9.47 Å². The summed E-state index contributed by atoms with van der Waals surface area (Å²) < 4.78 is 10.6. The fourth-order valence-electron chi connectivity index (χ4n) is 2.12. The topological polar surface area (TPSA) is 55.8 Å². The van der Waals surface area contributed by atoms with Crippen LogP contribution in [0.5, 0.6) is 0 Å². The third-order valence-electron chi connectivity index (χ3n) is 3.20. The highest BCUT2D eigenvalue weighted by Gasteiger charge is 2.25. The number of ether oxygens (including phenoxy) is 2. The summed E-state index contributed by atoms with van der Waals surface area (Å²) in [5.74, 6) is 0.607. The fourth-order valence-corrected chi connectivity index (χ4v) is 2.12. The average Bonchev–Trinajstić information content (AvgIpc) is 2.45. The first-order valence-electron chi connectivity index (χ1n) is 7.31. The molecule has 1 aliphatic rings. The molecule has 0 atom stereocenters. The van der Waals surface area contributed by atoms with Crippen LogP contribution in [0.3, 0.4) is 0 Å². The van der Waals surface area contributed by atoms with Crippen LogP contribution in [0.25, 0.3) is 0 Å². The molecule has 0 spiro atoms. The first-order valence-corrected chi connectivity index (χ1v) is 7.31. The van der Waals surface area contributed by atoms with E-state index in [2.05, 4.69) is 6.58 Å². The highest BCUT2D eigenvalue weighted by Crippen LogP contribution is 2.23. The number of hydrogen-bond acceptors (Lipinski definition) is 4. The van der Waals surface area contributed by atoms with E-state index in [1.54, 1.807) is 18.1 Å². The van der Waals surface area contributed by atoms with Crippen LogP contribution in [-0.2, 0) is 14.3 Å². The molecule has 0 fully saturated rings. The fraction of sp³-hybridized carbons (Fsp3) is 0.529. The van der Waals surface area contributed by atoms with Gasteiger partial charge in [0.2, 0.25) is 0 Å². The van der Waals surface area contributed by atoms with Crippen molar-refractivity contribution in [2.45, 2.75) is 39.2 Å². The summed E-state index contributed by atoms with van der Waals surface area (Å²) in [5.41, 5.74) is 1.47. The Labute approximate surface area is 132 Å². The van der Waals surface area contributed by atoms with Crippen molar-refractivity contribution in [2.75, 3.05) is 20.2 Å². The molecule has 0 N–H and O–H groups in total. The Morgan fingerprint density at radius 3 is 2.55 bits per heavy atom. The van der Waals surface area contributed by atoms with Gasteiger partial charge in [-0.1, -0.05) is 12.7 Å². The lowest BCUT2D eigenvalue weighted by Crippen LogP contribution is -2.40. The van der Waals surface area contributed by atoms with Crippen LogP contribution >= 0.6 is 0 Å². The van der Waals surface area contributed by atoms with Crippen molar-refractivity contribution in [2.24, 2.45) is 0 Å². The van der Waals surface area contributed by atoms with Crippen molar-refractivity contribution < 1.29 is 19.1 Å². The van der Waals surface area contributed by atoms with E-state index >= 15 is 0 Å². The lowest BCUT2D eigenvalue weighted by Gasteiger charge is -2.31. The summed E-state index contributed by atoms with van der Waals surface area (Å²) in [7, 11) is 1.54. The number of methoxy groups -OCH3 is 1. The Hall–Kier alpha value is -2.04. The van der Waals surface area contributed by atoms with Crippen LogP contribution < -0.4 is 0 Å². The maximum absolute atomic E-state index is 12.1. The Balaban J connectivity index is 2.89. The summed E-state index contributed by atoms with van der Waals surface area (Å²) in [6.07, 6.45) is 4.98. The van der Waals surface area contributed by atoms with Crippen molar-refractivity contribution in [3.63, 3.8) is 0 Å². The number of aldehydes is 1. The number of allylic oxidation sites excluding steroid dienone is 2. The van der Waals surface area contributed by atoms with Gasteiger partial charge in [0.1, 0.15) is 17.6 Å². The minimum atomic E-state index is -0.511. The molecule has 1 aliphatic heterocycles. The third kappa shape index (κ3) is 5.39. The zero-order valence-corrected chi connectivity index (χ0v) is 13.8. The van der Waals surface area contributed by atoms with Gasteiger partial charge in [-0.25, -0.2) is 4.79 Å². The number of carbonyl (C=O) groups excluding carboxylic acids is 2. The summed E-state index contributed by atoms with van der Waals surface area (Å²) in [6.45, 7) is 10.4. The molecule has 1 rings (SSSR count). The average molecular weight is 307 g/mol. The number of amides is 1. The van der Waals surface area contributed by atoms with Crippen LogP contribution in [-0.4, -0.2) is 43.1 Å². The Bertz CT molecular complexity index is 497. The maximum atomic E-state index is 12.1. The molecular formula is C17H25NO4. The van der Waals surface area contributed by atoms with Gasteiger partial charge in [-0.05, 0) is 44.4 Å². The van der Waals surface area contributed by atoms with E-state index < -0.39 is 5.60 Å². The molecule has 5 heteroatoms. The van der Waals surface area contributed by atoms with Gasteiger partial charge in [0.05, 0.1) is 13.5 Å². The van der Waals surface area contributed by atoms with E-state index in [1.165, 1.54) is 0 Å². The molecule has 0 bridgehead atoms. The SMILES string of the molecule is C=CC1=C(/C=C(\CC=O)OC)CCN(C(=O)OC(C)(C)C)C1. The molecule has 0 unspecified atom stereocenters. The Morgan fingerprint density at radius 2 is 2.05 bits per heavy atom. The normalized spacial score (nSPS) is 16.4. The molecule has 0 aliphatic carbocycles. The standard InChI is InChI=1S/C17H25NO4/c1-6-13-12-18(16(20)22-17(2,3)4)9-7-14(13)11-15(21-5)8-10-19/h6,10-11H,1,7-9,12H2,2-5H3/b15-11+. The summed E-state index contributed by atoms with van der Waals surface area (Å²) in [6, 6.07) is 0. The largest absolute Gasteiger partial charge is 0.501 e. The van der Waals surface area contributed by atoms with Crippen molar-refractivity contribution in [3.8, 4) is 0 Å². The van der Waals surface area contributed by atoms with Gasteiger partial charge in [0, 0.05) is 13.1 Å². The molecule has 0 saturated heterocycles. The minimum Gasteiger partial charge on any atom is -0.501 e. The first-order chi connectivity index (χ1) is 10.3. The van der Waals surface area contributed by atoms with Gasteiger partial charge in [0.25, 0.3) is 0 Å². The van der Waals surface area contributed by atoms with Crippen molar-refractivity contribution >= 4 is 12.4 Å². The quantitative estimate of drug-likeness (QED) is 0.578. The van der Waals surface area contributed by atoms with E-state index in [0.29, 0.717) is 25.3 Å². The number of carbonyl (C=O) groups is 2. The van der Waals surface area contributed by atoms with Crippen LogP contribution in [0, 0.1) is 0 Å². The summed E-state index contributed by atoms with van der Waals surface area (Å²) >= 11 is 0. The van der Waals surface area contributed by atoms with E-state index in [-0.39, 0.29) is 12.5 Å². The zero-order chi connectivity index (χ0) is 16.8. The van der Waals surface area contributed by atoms with E-state index in [9.17, 15) is 9.59 Å². The second-order valence-electron chi connectivity index (χ2n) is 6.09. The van der Waals surface area contributed by atoms with Crippen LogP contribution in [0.1, 0.15) is 33.6 Å². The molecule has 22 heavy (non-hydrogen) atoms. The highest BCUT2D eigenvalue weighted by molar-refractivity contribution is 5.69. The molecular weight excluding hydrogens is 282 g/mol. The predicted octanol–water partition coefficient (Wildman–Crippen LogP) is 3.23. The Morgan fingerprint density at radius 1 is 1.36 bits per heavy atom. The van der Waals surface area contributed by atoms with Crippen LogP contribution in [0.2, 0.25) is 0 Å². The lowest BCUT2D eigenvalue weighted by atomic mass is 9.99. The van der Waals surface area contributed by atoms with E-state index in [0.717, 1.165) is 17.4 Å². The molecule has 5 nitrogen and oxygen atoms in total. The van der Waals surface area contributed by atoms with Crippen LogP contribution in [0.15, 0.2) is 35.6 Å². The second-order valence-corrected chi connectivity index (χ2v) is 6.09. The van der Waals surface area contributed by atoms with Gasteiger partial charge in [-0.2, -0.15) is 0 Å². The van der Waals surface area contributed by atoms with Gasteiger partial charge in [0.15, 0.2) is 0 Å². The van der Waals surface area contributed by atoms with Crippen molar-refractivity contribution in [1.82, 2.24) is 4.90 Å². The van der Waals surface area contributed by atoms with Gasteiger partial charge in [-0.15, -0.1) is 0 Å². The minimum absolute atomic E-state index is 0.236. The molecule has 0 radical (unpaired) electrons. The second kappa shape index (κ2) is 7.82. The summed E-state index contributed by atoms with van der Waals surface area (Å²) in [5, 5.41) is 0. The van der Waals surface area contributed by atoms with Gasteiger partial charge >= 0.3 is 6.09 Å².